The van der Waals surface area contributed by atoms with Gasteiger partial charge in [-0.1, -0.05) is 12.1 Å². The minimum absolute atomic E-state index is 0.211. The Kier molecular flexibility index (Phi) is 12.0. The van der Waals surface area contributed by atoms with Crippen LogP contribution >= 0.6 is 0 Å². The number of hydrazone groups is 1. The predicted octanol–water partition coefficient (Wildman–Crippen LogP) is 2.16. The van der Waals surface area contributed by atoms with Crippen molar-refractivity contribution in [1.82, 2.24) is 16.1 Å². The number of nitrogens with one attached hydrogen (secondary N) is 3. The van der Waals surface area contributed by atoms with Gasteiger partial charge in [-0.2, -0.15) is 5.10 Å². The van der Waals surface area contributed by atoms with Crippen molar-refractivity contribution in [3.63, 3.8) is 0 Å². The number of ether oxygens (including phenoxy) is 6. The zero-order chi connectivity index (χ0) is 31.4. The molecule has 1 aliphatic rings. The van der Waals surface area contributed by atoms with Crippen molar-refractivity contribution in [1.29, 1.82) is 0 Å². The zero-order valence-electron chi connectivity index (χ0n) is 24.6. The summed E-state index contributed by atoms with van der Waals surface area (Å²) in [4.78, 5) is 36.3. The van der Waals surface area contributed by atoms with Gasteiger partial charge in [-0.25, -0.2) is 14.4 Å². The molecular formula is C29H36N4O10. The number of nitrogens with zero attached hydrogens (tertiary/aromatic N) is 1. The minimum atomic E-state index is -1.22. The van der Waals surface area contributed by atoms with Crippen LogP contribution in [0.3, 0.4) is 0 Å². The highest BCUT2D eigenvalue weighted by atomic mass is 16.6. The van der Waals surface area contributed by atoms with Gasteiger partial charge in [0.2, 0.25) is 0 Å². The molecule has 0 aromatic heterocycles. The van der Waals surface area contributed by atoms with Gasteiger partial charge < -0.3 is 44.2 Å². The van der Waals surface area contributed by atoms with E-state index < -0.39 is 30.2 Å². The summed E-state index contributed by atoms with van der Waals surface area (Å²) in [7, 11) is 2.73. The molecule has 1 aliphatic heterocycles. The first-order valence-corrected chi connectivity index (χ1v) is 13.4. The Hall–Kier alpha value is -4.98. The molecule has 0 spiro atoms. The van der Waals surface area contributed by atoms with Crippen LogP contribution in [0, 0.1) is 0 Å². The van der Waals surface area contributed by atoms with Crippen LogP contribution in [-0.4, -0.2) is 76.2 Å². The molecule has 0 aliphatic carbocycles. The Labute approximate surface area is 248 Å². The summed E-state index contributed by atoms with van der Waals surface area (Å²) in [6.07, 6.45) is 0.175. The molecule has 0 unspecified atom stereocenters. The number of carbonyl (C=O) groups is 3. The van der Waals surface area contributed by atoms with E-state index in [1.807, 2.05) is 0 Å². The number of allylic oxidation sites excluding steroid dienone is 1. The molecule has 14 nitrogen and oxygen atoms in total. The van der Waals surface area contributed by atoms with Gasteiger partial charge in [-0.15, -0.1) is 0 Å². The number of methoxy groups -OCH3 is 2. The average molecular weight is 601 g/mol. The second kappa shape index (κ2) is 15.9. The first-order valence-electron chi connectivity index (χ1n) is 13.4. The lowest BCUT2D eigenvalue weighted by atomic mass is 9.95. The van der Waals surface area contributed by atoms with Gasteiger partial charge in [0.05, 0.1) is 45.3 Å². The van der Waals surface area contributed by atoms with E-state index >= 15 is 0 Å². The van der Waals surface area contributed by atoms with Gasteiger partial charge in [-0.3, -0.25) is 5.43 Å². The molecule has 4 N–H and O–H groups in total. The number of amides is 2. The molecule has 43 heavy (non-hydrogen) atoms. The lowest BCUT2D eigenvalue weighted by Crippen LogP contribution is -2.45. The number of urea groups is 1. The molecule has 232 valence electrons. The second-order valence-electron chi connectivity index (χ2n) is 8.89. The van der Waals surface area contributed by atoms with Crippen molar-refractivity contribution < 1.29 is 47.9 Å². The molecule has 0 saturated heterocycles. The summed E-state index contributed by atoms with van der Waals surface area (Å²) in [6.45, 7) is 5.11. The van der Waals surface area contributed by atoms with Crippen LogP contribution in [0.2, 0.25) is 0 Å². The van der Waals surface area contributed by atoms with E-state index in [1.54, 1.807) is 57.2 Å². The maximum atomic E-state index is 12.4. The van der Waals surface area contributed by atoms with Crippen molar-refractivity contribution in [2.45, 2.75) is 33.0 Å². The van der Waals surface area contributed by atoms with E-state index in [0.717, 1.165) is 0 Å². The smallest absolute Gasteiger partial charge is 0.344 e. The normalized spacial score (nSPS) is 15.2. The molecule has 1 heterocycles. The summed E-state index contributed by atoms with van der Waals surface area (Å²) in [5, 5.41) is 19.8. The molecule has 2 atom stereocenters. The number of para-hydroxylation sites is 1. The largest absolute Gasteiger partial charge is 0.493 e. The van der Waals surface area contributed by atoms with Crippen LogP contribution in [0.25, 0.3) is 0 Å². The Balaban J connectivity index is 1.69. The maximum Gasteiger partial charge on any atom is 0.344 e. The van der Waals surface area contributed by atoms with Crippen LogP contribution < -0.4 is 35.0 Å². The molecule has 3 rings (SSSR count). The number of rotatable bonds is 15. The lowest BCUT2D eigenvalue weighted by molar-refractivity contribution is -0.145. The van der Waals surface area contributed by atoms with Crippen molar-refractivity contribution in [3.05, 3.63) is 58.8 Å². The highest BCUT2D eigenvalue weighted by molar-refractivity contribution is 5.95. The summed E-state index contributed by atoms with van der Waals surface area (Å²) < 4.78 is 32.2. The Bertz CT molecular complexity index is 1360. The fraction of sp³-hybridized carbons (Fsp3) is 0.379. The Morgan fingerprint density at radius 3 is 2.56 bits per heavy atom. The maximum absolute atomic E-state index is 12.4. The first-order chi connectivity index (χ1) is 20.7. The number of esters is 2. The number of hydrogen-bond donors (Lipinski definition) is 4. The highest BCUT2D eigenvalue weighted by Gasteiger charge is 2.32. The third kappa shape index (κ3) is 8.75. The van der Waals surface area contributed by atoms with Crippen molar-refractivity contribution in [2.24, 2.45) is 5.10 Å². The molecule has 0 saturated carbocycles. The van der Waals surface area contributed by atoms with Crippen molar-refractivity contribution >= 4 is 24.2 Å². The predicted molar refractivity (Wildman–Crippen MR) is 154 cm³/mol. The average Bonchev–Trinajstić information content (AvgIpc) is 2.99. The Morgan fingerprint density at radius 1 is 1.07 bits per heavy atom. The van der Waals surface area contributed by atoms with Gasteiger partial charge in [0.1, 0.15) is 6.61 Å². The molecule has 2 aromatic carbocycles. The molecule has 2 aromatic rings. The van der Waals surface area contributed by atoms with Crippen LogP contribution in [-0.2, 0) is 19.1 Å². The molecule has 14 heteroatoms. The summed E-state index contributed by atoms with van der Waals surface area (Å²) in [6, 6.07) is 8.76. The first kappa shape index (κ1) is 32.5. The van der Waals surface area contributed by atoms with Gasteiger partial charge in [0, 0.05) is 11.3 Å². The monoisotopic (exact) mass is 600 g/mol. The number of hydrogen-bond acceptors (Lipinski definition) is 12. The van der Waals surface area contributed by atoms with Crippen LogP contribution in [0.15, 0.2) is 52.8 Å². The summed E-state index contributed by atoms with van der Waals surface area (Å²) in [5.74, 6) is 0.203. The minimum Gasteiger partial charge on any atom is -0.493 e. The number of benzene rings is 2. The molecule has 0 bridgehead atoms. The van der Waals surface area contributed by atoms with E-state index in [0.29, 0.717) is 40.7 Å². The molecule has 0 fully saturated rings. The van der Waals surface area contributed by atoms with Crippen molar-refractivity contribution in [2.75, 3.05) is 40.6 Å². The highest BCUT2D eigenvalue weighted by Crippen LogP contribution is 2.35. The Morgan fingerprint density at radius 2 is 1.86 bits per heavy atom. The standard InChI is InChI=1S/C29H36N4O10/c1-6-40-22-13-18(26-25(28(36)39-5)17(3)31-29(37)32-26)11-12-20(22)42-15-23(34)33-30-14-19-9-8-10-21(38-4)27(19)43-16-24(35)41-7-2/h8-14,23,26,33-34H,6-7,15-16H2,1-5H3,(H2,31,32,37)/b30-14+/t23-,26-/m1/s1. The van der Waals surface area contributed by atoms with Gasteiger partial charge >= 0.3 is 18.0 Å². The fourth-order valence-corrected chi connectivity index (χ4v) is 4.10. The van der Waals surface area contributed by atoms with Gasteiger partial charge in [-0.05, 0) is 50.6 Å². The molecular weight excluding hydrogens is 564 g/mol. The zero-order valence-corrected chi connectivity index (χ0v) is 24.6. The van der Waals surface area contributed by atoms with E-state index in [1.165, 1.54) is 20.4 Å². The van der Waals surface area contributed by atoms with Gasteiger partial charge in [0.15, 0.2) is 35.8 Å². The van der Waals surface area contributed by atoms with E-state index in [9.17, 15) is 19.5 Å². The molecule has 0 radical (unpaired) electrons. The van der Waals surface area contributed by atoms with E-state index in [-0.39, 0.29) is 31.1 Å². The van der Waals surface area contributed by atoms with Crippen LogP contribution in [0.5, 0.6) is 23.0 Å². The lowest BCUT2D eigenvalue weighted by Gasteiger charge is -2.28. The van der Waals surface area contributed by atoms with E-state index in [2.05, 4.69) is 21.2 Å². The third-order valence-corrected chi connectivity index (χ3v) is 5.97. The van der Waals surface area contributed by atoms with Gasteiger partial charge in [0.25, 0.3) is 0 Å². The van der Waals surface area contributed by atoms with Crippen LogP contribution in [0.1, 0.15) is 37.9 Å². The SMILES string of the molecule is CCOC(=O)COc1c(/C=N/N[C@H](O)COc2ccc([C@H]3NC(=O)NC(C)=C3C(=O)OC)cc2OCC)cccc1OC. The van der Waals surface area contributed by atoms with E-state index in [4.69, 9.17) is 28.4 Å². The number of aliphatic hydroxyl groups is 1. The summed E-state index contributed by atoms with van der Waals surface area (Å²) >= 11 is 0. The summed E-state index contributed by atoms with van der Waals surface area (Å²) in [5.41, 5.74) is 4.23. The fourth-order valence-electron chi connectivity index (χ4n) is 4.10. The number of carbonyl (C=O) groups excluding carboxylic acids is 3. The topological polar surface area (TPSA) is 175 Å². The van der Waals surface area contributed by atoms with Crippen LogP contribution in [0.4, 0.5) is 4.79 Å². The van der Waals surface area contributed by atoms with Crippen molar-refractivity contribution in [3.8, 4) is 23.0 Å². The number of aliphatic hydroxyl groups excluding tert-OH is 1. The quantitative estimate of drug-likeness (QED) is 0.102. The third-order valence-electron chi connectivity index (χ3n) is 5.97. The molecule has 2 amide bonds. The second-order valence-corrected chi connectivity index (χ2v) is 8.89.